The van der Waals surface area contributed by atoms with Crippen molar-refractivity contribution in [1.82, 2.24) is 0 Å². The third kappa shape index (κ3) is 4.60. The van der Waals surface area contributed by atoms with Crippen LogP contribution in [0.1, 0.15) is 0 Å². The molecule has 34 valence electrons. The summed E-state index contributed by atoms with van der Waals surface area (Å²) in [5.41, 5.74) is 0. The zero-order chi connectivity index (χ0) is 4.99. The van der Waals surface area contributed by atoms with Crippen molar-refractivity contribution in [2.24, 2.45) is 0 Å². The molecule has 0 spiro atoms. The first kappa shape index (κ1) is 6.60. The molecule has 0 rings (SSSR count). The summed E-state index contributed by atoms with van der Waals surface area (Å²) in [6, 6.07) is 0. The Labute approximate surface area is 48.0 Å². The van der Waals surface area contributed by atoms with Crippen LogP contribution in [0, 0.1) is 0 Å². The Kier molecular flexibility index (Phi) is 4.16. The number of alkyl halides is 2. The highest BCUT2D eigenvalue weighted by Gasteiger charge is 1.91. The Morgan fingerprint density at radius 2 is 2.17 bits per heavy atom. The molecular formula is C2H3BCl2O. The van der Waals surface area contributed by atoms with Gasteiger partial charge in [0.05, 0.1) is 6.61 Å². The molecule has 0 aromatic heterocycles. The minimum absolute atomic E-state index is 0.184. The van der Waals surface area contributed by atoms with Gasteiger partial charge in [0.2, 0.25) is 0 Å². The Morgan fingerprint density at radius 1 is 1.67 bits per heavy atom. The van der Waals surface area contributed by atoms with Gasteiger partial charge in [-0.1, -0.05) is 0 Å². The lowest BCUT2D eigenvalue weighted by atomic mass is 10.6. The molecule has 0 aromatic carbocycles. The molecule has 0 heterocycles. The smallest absolute Gasteiger partial charge is 0.282 e. The Morgan fingerprint density at radius 3 is 2.17 bits per heavy atom. The summed E-state index contributed by atoms with van der Waals surface area (Å²) in [5.74, 6) is 0. The van der Waals surface area contributed by atoms with E-state index in [9.17, 15) is 0 Å². The van der Waals surface area contributed by atoms with Crippen LogP contribution in [0.15, 0.2) is 0 Å². The maximum Gasteiger partial charge on any atom is 0.282 e. The zero-order valence-corrected chi connectivity index (χ0v) is 4.54. The number of hydrogen-bond acceptors (Lipinski definition) is 1. The summed E-state index contributed by atoms with van der Waals surface area (Å²) in [6.45, 7) is 0.184. The quantitative estimate of drug-likeness (QED) is 0.393. The van der Waals surface area contributed by atoms with E-state index in [1.165, 1.54) is 0 Å². The van der Waals surface area contributed by atoms with Gasteiger partial charge in [0.1, 0.15) is 4.84 Å². The molecule has 0 saturated carbocycles. The molecule has 0 saturated heterocycles. The van der Waals surface area contributed by atoms with Gasteiger partial charge in [0, 0.05) is 0 Å². The highest BCUT2D eigenvalue weighted by atomic mass is 35.5. The van der Waals surface area contributed by atoms with Gasteiger partial charge in [-0.25, -0.2) is 0 Å². The lowest BCUT2D eigenvalue weighted by Crippen LogP contribution is -1.97. The van der Waals surface area contributed by atoms with Crippen molar-refractivity contribution < 1.29 is 4.65 Å². The molecule has 0 aliphatic carbocycles. The van der Waals surface area contributed by atoms with Crippen LogP contribution in [0.25, 0.3) is 0 Å². The topological polar surface area (TPSA) is 9.23 Å². The lowest BCUT2D eigenvalue weighted by molar-refractivity contribution is 0.369. The van der Waals surface area contributed by atoms with Crippen LogP contribution >= 0.6 is 23.2 Å². The molecule has 0 N–H and O–H groups in total. The van der Waals surface area contributed by atoms with E-state index in [1.54, 1.807) is 0 Å². The van der Waals surface area contributed by atoms with Crippen LogP contribution in [0.2, 0.25) is 0 Å². The van der Waals surface area contributed by atoms with Crippen molar-refractivity contribution in [2.45, 2.75) is 4.84 Å². The maximum atomic E-state index is 5.14. The van der Waals surface area contributed by atoms with Crippen LogP contribution in [-0.4, -0.2) is 19.5 Å². The van der Waals surface area contributed by atoms with E-state index >= 15 is 0 Å². The molecule has 0 amide bonds. The standard InChI is InChI=1S/C2H3BCl2O/c3-6-1-2(4)5/h2H,1H2. The second kappa shape index (κ2) is 3.78. The fourth-order valence-corrected chi connectivity index (χ4v) is 0.218. The molecule has 6 heavy (non-hydrogen) atoms. The first-order valence-corrected chi connectivity index (χ1v) is 2.24. The Bertz CT molecular complexity index is 32.7. The fraction of sp³-hybridized carbons (Fsp3) is 1.00. The van der Waals surface area contributed by atoms with E-state index in [0.717, 1.165) is 0 Å². The van der Waals surface area contributed by atoms with Gasteiger partial charge in [-0.15, -0.1) is 23.2 Å². The van der Waals surface area contributed by atoms with Gasteiger partial charge in [-0.2, -0.15) is 0 Å². The van der Waals surface area contributed by atoms with Gasteiger partial charge < -0.3 is 4.65 Å². The predicted molar refractivity (Wildman–Crippen MR) is 27.2 cm³/mol. The highest BCUT2D eigenvalue weighted by molar-refractivity contribution is 6.44. The summed E-state index contributed by atoms with van der Waals surface area (Å²) in [7, 11) is 4.56. The lowest BCUT2D eigenvalue weighted by Gasteiger charge is -1.93. The third-order valence-corrected chi connectivity index (χ3v) is 0.474. The maximum absolute atomic E-state index is 5.14. The highest BCUT2D eigenvalue weighted by Crippen LogP contribution is 1.98. The fourth-order valence-electron chi connectivity index (χ4n) is 0.0727. The second-order valence-corrected chi connectivity index (χ2v) is 2.00. The summed E-state index contributed by atoms with van der Waals surface area (Å²) < 4.78 is 4.04. The largest absolute Gasteiger partial charge is 0.445 e. The number of halogens is 2. The van der Waals surface area contributed by atoms with Gasteiger partial charge in [-0.3, -0.25) is 0 Å². The minimum atomic E-state index is -0.505. The normalized spacial score (nSPS) is 9.83. The molecule has 4 heteroatoms. The van der Waals surface area contributed by atoms with Crippen molar-refractivity contribution in [3.63, 3.8) is 0 Å². The molecule has 0 aromatic rings. The van der Waals surface area contributed by atoms with Gasteiger partial charge >= 0.3 is 0 Å². The molecule has 2 radical (unpaired) electrons. The SMILES string of the molecule is [B]OCC(Cl)Cl. The third-order valence-electron chi connectivity index (χ3n) is 0.222. The number of rotatable bonds is 2. The van der Waals surface area contributed by atoms with E-state index in [2.05, 4.69) is 12.7 Å². The van der Waals surface area contributed by atoms with E-state index in [4.69, 9.17) is 23.2 Å². The van der Waals surface area contributed by atoms with Gasteiger partial charge in [0.25, 0.3) is 8.05 Å². The van der Waals surface area contributed by atoms with E-state index in [0.29, 0.717) is 0 Å². The van der Waals surface area contributed by atoms with Crippen molar-refractivity contribution in [3.8, 4) is 0 Å². The molecule has 1 nitrogen and oxygen atoms in total. The molecule has 0 fully saturated rings. The van der Waals surface area contributed by atoms with Crippen LogP contribution in [0.3, 0.4) is 0 Å². The van der Waals surface area contributed by atoms with Gasteiger partial charge in [-0.05, 0) is 0 Å². The van der Waals surface area contributed by atoms with Crippen LogP contribution in [-0.2, 0) is 4.65 Å². The van der Waals surface area contributed by atoms with E-state index in [-0.39, 0.29) is 6.61 Å². The molecule has 0 aliphatic rings. The molecular weight excluding hydrogens is 122 g/mol. The van der Waals surface area contributed by atoms with Crippen molar-refractivity contribution in [2.75, 3.05) is 6.61 Å². The minimum Gasteiger partial charge on any atom is -0.445 e. The first-order chi connectivity index (χ1) is 2.77. The first-order valence-electron chi connectivity index (χ1n) is 1.37. The van der Waals surface area contributed by atoms with Crippen molar-refractivity contribution >= 4 is 31.3 Å². The summed E-state index contributed by atoms with van der Waals surface area (Å²) in [6.07, 6.45) is 0. The van der Waals surface area contributed by atoms with E-state index < -0.39 is 4.84 Å². The number of hydrogen-bond donors (Lipinski definition) is 0. The van der Waals surface area contributed by atoms with Crippen molar-refractivity contribution in [3.05, 3.63) is 0 Å². The molecule has 0 bridgehead atoms. The van der Waals surface area contributed by atoms with E-state index in [1.807, 2.05) is 0 Å². The van der Waals surface area contributed by atoms with Gasteiger partial charge in [0.15, 0.2) is 0 Å². The second-order valence-electron chi connectivity index (χ2n) is 0.724. The average molecular weight is 125 g/mol. The van der Waals surface area contributed by atoms with Crippen LogP contribution < -0.4 is 0 Å². The Balaban J connectivity index is 2.63. The molecule has 0 atom stereocenters. The summed E-state index contributed by atoms with van der Waals surface area (Å²) >= 11 is 10.3. The molecule has 0 aliphatic heterocycles. The molecule has 0 unspecified atom stereocenters. The van der Waals surface area contributed by atoms with Crippen molar-refractivity contribution in [1.29, 1.82) is 0 Å². The summed E-state index contributed by atoms with van der Waals surface area (Å²) in [4.78, 5) is -0.505. The monoisotopic (exact) mass is 124 g/mol. The zero-order valence-electron chi connectivity index (χ0n) is 3.03. The van der Waals surface area contributed by atoms with Crippen LogP contribution in [0.4, 0.5) is 0 Å². The average Bonchev–Trinajstić information content (AvgIpc) is 1.35. The van der Waals surface area contributed by atoms with Crippen LogP contribution in [0.5, 0.6) is 0 Å². The predicted octanol–water partition coefficient (Wildman–Crippen LogP) is 0.890. The summed E-state index contributed by atoms with van der Waals surface area (Å²) in [5, 5.41) is 0. The Hall–Kier alpha value is 0.605.